The van der Waals surface area contributed by atoms with Crippen molar-refractivity contribution >= 4 is 22.7 Å². The smallest absolute Gasteiger partial charge is 0.127 e. The van der Waals surface area contributed by atoms with E-state index in [1.165, 1.54) is 16.5 Å². The summed E-state index contributed by atoms with van der Waals surface area (Å²) in [6.45, 7) is 7.72. The first-order valence-corrected chi connectivity index (χ1v) is 6.76. The third-order valence-corrected chi connectivity index (χ3v) is 3.41. The standard InChI is InChI=1S/C17H21NO/c1-4-18(12-17(2,3)13-19)16-11-7-9-14-8-5-6-10-15(14)16/h5-11,13H,4,12H2,1-3H3. The molecule has 0 aliphatic heterocycles. The average Bonchev–Trinajstić information content (AvgIpc) is 2.44. The molecule has 2 heteroatoms. The average molecular weight is 255 g/mol. The quantitative estimate of drug-likeness (QED) is 0.755. The molecular weight excluding hydrogens is 234 g/mol. The Bertz CT molecular complexity index is 569. The van der Waals surface area contributed by atoms with Crippen LogP contribution in [0.1, 0.15) is 20.8 Å². The van der Waals surface area contributed by atoms with E-state index in [9.17, 15) is 4.79 Å². The third-order valence-electron chi connectivity index (χ3n) is 3.41. The van der Waals surface area contributed by atoms with E-state index in [0.717, 1.165) is 19.4 Å². The van der Waals surface area contributed by atoms with Crippen LogP contribution in [0.25, 0.3) is 10.8 Å². The molecule has 0 aliphatic carbocycles. The SMILES string of the molecule is CCN(CC(C)(C)C=O)c1cccc2ccccc12. The molecule has 19 heavy (non-hydrogen) atoms. The van der Waals surface area contributed by atoms with Crippen LogP contribution in [0.2, 0.25) is 0 Å². The summed E-state index contributed by atoms with van der Waals surface area (Å²) in [5, 5.41) is 2.48. The number of nitrogens with zero attached hydrogens (tertiary/aromatic N) is 1. The number of hydrogen-bond acceptors (Lipinski definition) is 2. The van der Waals surface area contributed by atoms with Crippen LogP contribution >= 0.6 is 0 Å². The molecule has 0 unspecified atom stereocenters. The van der Waals surface area contributed by atoms with E-state index >= 15 is 0 Å². The Morgan fingerprint density at radius 2 is 1.79 bits per heavy atom. The van der Waals surface area contributed by atoms with Crippen molar-refractivity contribution in [3.63, 3.8) is 0 Å². The first-order valence-electron chi connectivity index (χ1n) is 6.76. The van der Waals surface area contributed by atoms with Crippen molar-refractivity contribution in [1.82, 2.24) is 0 Å². The van der Waals surface area contributed by atoms with Gasteiger partial charge < -0.3 is 9.69 Å². The van der Waals surface area contributed by atoms with Crippen LogP contribution < -0.4 is 4.90 Å². The molecule has 2 aromatic rings. The van der Waals surface area contributed by atoms with Crippen LogP contribution in [-0.4, -0.2) is 19.4 Å². The van der Waals surface area contributed by atoms with Gasteiger partial charge in [-0.3, -0.25) is 0 Å². The van der Waals surface area contributed by atoms with Crippen molar-refractivity contribution in [2.75, 3.05) is 18.0 Å². The van der Waals surface area contributed by atoms with Gasteiger partial charge in [0.2, 0.25) is 0 Å². The molecule has 100 valence electrons. The van der Waals surface area contributed by atoms with Crippen LogP contribution in [0, 0.1) is 5.41 Å². The fourth-order valence-electron chi connectivity index (χ4n) is 2.38. The Balaban J connectivity index is 2.44. The summed E-state index contributed by atoms with van der Waals surface area (Å²) in [6.07, 6.45) is 1.04. The van der Waals surface area contributed by atoms with Gasteiger partial charge in [0.05, 0.1) is 0 Å². The maximum Gasteiger partial charge on any atom is 0.127 e. The molecule has 2 rings (SSSR count). The number of anilines is 1. The summed E-state index contributed by atoms with van der Waals surface area (Å²) >= 11 is 0. The summed E-state index contributed by atoms with van der Waals surface area (Å²) < 4.78 is 0. The highest BCUT2D eigenvalue weighted by molar-refractivity contribution is 5.94. The molecule has 0 radical (unpaired) electrons. The molecule has 0 heterocycles. The lowest BCUT2D eigenvalue weighted by atomic mass is 9.94. The first kappa shape index (κ1) is 13.6. The number of carbonyl (C=O) groups is 1. The molecule has 0 amide bonds. The lowest BCUT2D eigenvalue weighted by Crippen LogP contribution is -2.35. The van der Waals surface area contributed by atoms with Crippen molar-refractivity contribution in [1.29, 1.82) is 0 Å². The number of carbonyl (C=O) groups excluding carboxylic acids is 1. The molecule has 0 aromatic heterocycles. The highest BCUT2D eigenvalue weighted by Gasteiger charge is 2.21. The van der Waals surface area contributed by atoms with Gasteiger partial charge >= 0.3 is 0 Å². The van der Waals surface area contributed by atoms with Gasteiger partial charge in [0.15, 0.2) is 0 Å². The first-order chi connectivity index (χ1) is 9.07. The fraction of sp³-hybridized carbons (Fsp3) is 0.353. The monoisotopic (exact) mass is 255 g/mol. The fourth-order valence-corrected chi connectivity index (χ4v) is 2.38. The number of aldehydes is 1. The van der Waals surface area contributed by atoms with E-state index in [1.54, 1.807) is 0 Å². The lowest BCUT2D eigenvalue weighted by Gasteiger charge is -2.30. The minimum atomic E-state index is -0.326. The highest BCUT2D eigenvalue weighted by Crippen LogP contribution is 2.28. The number of rotatable bonds is 5. The van der Waals surface area contributed by atoms with Crippen LogP contribution in [0.4, 0.5) is 5.69 Å². The summed E-state index contributed by atoms with van der Waals surface area (Å²) in [5.41, 5.74) is 0.878. The summed E-state index contributed by atoms with van der Waals surface area (Å²) in [5.74, 6) is 0. The molecular formula is C17H21NO. The van der Waals surface area contributed by atoms with Gasteiger partial charge in [0.1, 0.15) is 6.29 Å². The Morgan fingerprint density at radius 3 is 2.47 bits per heavy atom. The van der Waals surface area contributed by atoms with Gasteiger partial charge in [-0.2, -0.15) is 0 Å². The molecule has 0 atom stereocenters. The van der Waals surface area contributed by atoms with Gasteiger partial charge in [-0.25, -0.2) is 0 Å². The number of hydrogen-bond donors (Lipinski definition) is 0. The zero-order valence-electron chi connectivity index (χ0n) is 11.9. The maximum absolute atomic E-state index is 11.1. The Kier molecular flexibility index (Phi) is 3.89. The normalized spacial score (nSPS) is 11.5. The van der Waals surface area contributed by atoms with Crippen molar-refractivity contribution in [3.05, 3.63) is 42.5 Å². The van der Waals surface area contributed by atoms with Crippen molar-refractivity contribution in [3.8, 4) is 0 Å². The van der Waals surface area contributed by atoms with E-state index in [0.29, 0.717) is 0 Å². The minimum Gasteiger partial charge on any atom is -0.370 e. The largest absolute Gasteiger partial charge is 0.370 e. The van der Waals surface area contributed by atoms with Gasteiger partial charge in [0, 0.05) is 29.6 Å². The predicted molar refractivity (Wildman–Crippen MR) is 81.7 cm³/mol. The summed E-state index contributed by atoms with van der Waals surface area (Å²) in [7, 11) is 0. The zero-order valence-corrected chi connectivity index (χ0v) is 11.9. The number of benzene rings is 2. The summed E-state index contributed by atoms with van der Waals surface area (Å²) in [6, 6.07) is 14.7. The van der Waals surface area contributed by atoms with Gasteiger partial charge in [-0.05, 0) is 18.4 Å². The second-order valence-electron chi connectivity index (χ2n) is 5.62. The topological polar surface area (TPSA) is 20.3 Å². The third kappa shape index (κ3) is 2.95. The van der Waals surface area contributed by atoms with E-state index < -0.39 is 0 Å². The van der Waals surface area contributed by atoms with Crippen molar-refractivity contribution < 1.29 is 4.79 Å². The molecule has 2 aromatic carbocycles. The molecule has 0 saturated carbocycles. The van der Waals surface area contributed by atoms with E-state index in [2.05, 4.69) is 54.3 Å². The van der Waals surface area contributed by atoms with Crippen LogP contribution in [0.5, 0.6) is 0 Å². The van der Waals surface area contributed by atoms with Gasteiger partial charge in [-0.15, -0.1) is 0 Å². The van der Waals surface area contributed by atoms with Gasteiger partial charge in [-0.1, -0.05) is 50.2 Å². The molecule has 0 fully saturated rings. The molecule has 0 saturated heterocycles. The van der Waals surface area contributed by atoms with Crippen molar-refractivity contribution in [2.45, 2.75) is 20.8 Å². The van der Waals surface area contributed by atoms with E-state index in [-0.39, 0.29) is 5.41 Å². The molecule has 0 spiro atoms. The molecule has 0 aliphatic rings. The van der Waals surface area contributed by atoms with Crippen molar-refractivity contribution in [2.24, 2.45) is 5.41 Å². The molecule has 0 bridgehead atoms. The van der Waals surface area contributed by atoms with Gasteiger partial charge in [0.25, 0.3) is 0 Å². The van der Waals surface area contributed by atoms with Crippen LogP contribution in [0.3, 0.4) is 0 Å². The number of fused-ring (bicyclic) bond motifs is 1. The lowest BCUT2D eigenvalue weighted by molar-refractivity contribution is -0.114. The predicted octanol–water partition coefficient (Wildman–Crippen LogP) is 3.89. The molecule has 0 N–H and O–H groups in total. The van der Waals surface area contributed by atoms with Crippen LogP contribution in [-0.2, 0) is 4.79 Å². The second kappa shape index (κ2) is 5.43. The second-order valence-corrected chi connectivity index (χ2v) is 5.62. The summed E-state index contributed by atoms with van der Waals surface area (Å²) in [4.78, 5) is 13.4. The maximum atomic E-state index is 11.1. The van der Waals surface area contributed by atoms with E-state index in [1.807, 2.05) is 13.8 Å². The minimum absolute atomic E-state index is 0.326. The zero-order chi connectivity index (χ0) is 13.9. The van der Waals surface area contributed by atoms with Crippen LogP contribution in [0.15, 0.2) is 42.5 Å². The molecule has 2 nitrogen and oxygen atoms in total. The highest BCUT2D eigenvalue weighted by atomic mass is 16.1. The van der Waals surface area contributed by atoms with E-state index in [4.69, 9.17) is 0 Å². The Labute approximate surface area is 115 Å². The Hall–Kier alpha value is -1.83. The Morgan fingerprint density at radius 1 is 1.11 bits per heavy atom.